The fraction of sp³-hybridized carbons (Fsp3) is 0.871. The Morgan fingerprint density at radius 1 is 0.974 bits per heavy atom. The van der Waals surface area contributed by atoms with Crippen LogP contribution in [0.1, 0.15) is 127 Å². The maximum atomic E-state index is 5.08. The first-order valence-electron chi connectivity index (χ1n) is 15.2. The summed E-state index contributed by atoms with van der Waals surface area (Å²) in [5, 5.41) is 7.52. The molecule has 7 nitrogen and oxygen atoms in total. The lowest BCUT2D eigenvalue weighted by atomic mass is 9.72. The van der Waals surface area contributed by atoms with Crippen LogP contribution in [0.3, 0.4) is 0 Å². The van der Waals surface area contributed by atoms with Gasteiger partial charge in [-0.3, -0.25) is 9.89 Å². The molecule has 2 saturated heterocycles. The van der Waals surface area contributed by atoms with E-state index >= 15 is 0 Å². The van der Waals surface area contributed by atoms with Gasteiger partial charge >= 0.3 is 0 Å². The smallest absolute Gasteiger partial charge is 0.226 e. The van der Waals surface area contributed by atoms with Gasteiger partial charge in [0.25, 0.3) is 0 Å². The number of nitrogens with zero attached hydrogens (tertiary/aromatic N) is 5. The first-order valence-corrected chi connectivity index (χ1v) is 15.2. The third-order valence-electron chi connectivity index (χ3n) is 8.38. The summed E-state index contributed by atoms with van der Waals surface area (Å²) in [7, 11) is 0. The molecule has 2 N–H and O–H groups in total. The summed E-state index contributed by atoms with van der Waals surface area (Å²) < 4.78 is 0. The number of amidine groups is 2. The van der Waals surface area contributed by atoms with Gasteiger partial charge in [-0.25, -0.2) is 4.99 Å². The van der Waals surface area contributed by atoms with Gasteiger partial charge in [-0.05, 0) is 91.7 Å². The first-order chi connectivity index (χ1) is 17.5. The molecule has 4 aliphatic heterocycles. The van der Waals surface area contributed by atoms with Crippen LogP contribution >= 0.6 is 0 Å². The van der Waals surface area contributed by atoms with Gasteiger partial charge in [-0.15, -0.1) is 0 Å². The number of likely N-dealkylation sites (tertiary alicyclic amines) is 1. The van der Waals surface area contributed by atoms with Crippen LogP contribution in [0.2, 0.25) is 0 Å². The van der Waals surface area contributed by atoms with Gasteiger partial charge in [0.2, 0.25) is 5.96 Å². The second-order valence-electron chi connectivity index (χ2n) is 15.5. The van der Waals surface area contributed by atoms with E-state index in [2.05, 4.69) is 91.0 Å². The zero-order chi connectivity index (χ0) is 28.0. The second kappa shape index (κ2) is 10.4. The van der Waals surface area contributed by atoms with Crippen LogP contribution in [-0.4, -0.2) is 69.5 Å². The van der Waals surface area contributed by atoms with E-state index in [-0.39, 0.29) is 27.6 Å². The maximum absolute atomic E-state index is 5.08. The van der Waals surface area contributed by atoms with E-state index in [1.54, 1.807) is 0 Å². The first kappa shape index (κ1) is 29.4. The third-order valence-corrected chi connectivity index (χ3v) is 8.38. The van der Waals surface area contributed by atoms with Crippen LogP contribution in [0, 0.1) is 5.41 Å². The fourth-order valence-corrected chi connectivity index (χ4v) is 7.82. The van der Waals surface area contributed by atoms with E-state index in [1.807, 2.05) is 0 Å². The van der Waals surface area contributed by atoms with Crippen molar-refractivity contribution in [2.24, 2.45) is 25.4 Å². The molecule has 2 atom stereocenters. The third kappa shape index (κ3) is 6.57. The Balaban J connectivity index is 1.59. The van der Waals surface area contributed by atoms with Crippen molar-refractivity contribution in [2.75, 3.05) is 6.54 Å². The van der Waals surface area contributed by atoms with Gasteiger partial charge in [-0.2, -0.15) is 9.98 Å². The van der Waals surface area contributed by atoms with E-state index < -0.39 is 0 Å². The molecule has 2 unspecified atom stereocenters. The average Bonchev–Trinajstić information content (AvgIpc) is 2.74. The molecule has 1 spiro atoms. The molecule has 0 radical (unpaired) electrons. The fourth-order valence-electron chi connectivity index (χ4n) is 7.82. The summed E-state index contributed by atoms with van der Waals surface area (Å²) in [5.41, 5.74) is -0.0250. The van der Waals surface area contributed by atoms with E-state index in [9.17, 15) is 0 Å². The molecule has 4 aliphatic rings. The topological polar surface area (TPSA) is 76.7 Å². The molecular formula is C31H55N7. The standard InChI is InChI=1S/C31H55N7/c1-11-12-13-14-16-32-22-15-17-38(23-19-28(5,6)37-29(7,8)20-23)31(18-22)24-33-25(31)35-26(34-24)36-30(9,10)21-27(2,3)4/h16,22-23,37H,11-15,17-21H2,1-10H3,(H,33,34,35,36). The molecule has 38 heavy (non-hydrogen) atoms. The predicted octanol–water partition coefficient (Wildman–Crippen LogP) is 6.13. The van der Waals surface area contributed by atoms with Crippen LogP contribution in [0.15, 0.2) is 20.0 Å². The number of hydrogen-bond acceptors (Lipinski definition) is 7. The lowest BCUT2D eigenvalue weighted by Crippen LogP contribution is -2.74. The number of aliphatic imine (C=N–C) groups is 4. The lowest BCUT2D eigenvalue weighted by molar-refractivity contribution is 0.0148. The molecule has 7 heteroatoms. The highest BCUT2D eigenvalue weighted by Gasteiger charge is 2.61. The number of guanidine groups is 1. The van der Waals surface area contributed by atoms with Crippen LogP contribution in [0.25, 0.3) is 0 Å². The number of hydrogen-bond donors (Lipinski definition) is 2. The summed E-state index contributed by atoms with van der Waals surface area (Å²) >= 11 is 0. The van der Waals surface area contributed by atoms with E-state index in [0.717, 1.165) is 62.7 Å². The molecule has 4 heterocycles. The zero-order valence-electron chi connectivity index (χ0n) is 26.0. The highest BCUT2D eigenvalue weighted by atomic mass is 15.4. The number of piperidine rings is 2. The van der Waals surface area contributed by atoms with Gasteiger partial charge in [-0.1, -0.05) is 40.5 Å². The van der Waals surface area contributed by atoms with Crippen molar-refractivity contribution < 1.29 is 0 Å². The van der Waals surface area contributed by atoms with Crippen LogP contribution in [-0.2, 0) is 0 Å². The Bertz CT molecular complexity index is 971. The minimum atomic E-state index is -0.308. The van der Waals surface area contributed by atoms with Crippen molar-refractivity contribution in [1.82, 2.24) is 15.5 Å². The molecule has 0 amide bonds. The van der Waals surface area contributed by atoms with Crippen LogP contribution < -0.4 is 10.6 Å². The lowest BCUT2D eigenvalue weighted by Gasteiger charge is -2.59. The molecule has 0 aromatic carbocycles. The van der Waals surface area contributed by atoms with Crippen LogP contribution in [0.5, 0.6) is 0 Å². The summed E-state index contributed by atoms with van der Waals surface area (Å²) in [6.07, 6.45) is 12.3. The zero-order valence-corrected chi connectivity index (χ0v) is 26.0. The second-order valence-corrected chi connectivity index (χ2v) is 15.5. The quantitative estimate of drug-likeness (QED) is 0.295. The van der Waals surface area contributed by atoms with Crippen molar-refractivity contribution in [2.45, 2.75) is 161 Å². The number of rotatable bonds is 8. The van der Waals surface area contributed by atoms with Gasteiger partial charge in [0, 0.05) is 35.6 Å². The Kier molecular flexibility index (Phi) is 8.06. The molecule has 0 saturated carbocycles. The highest BCUT2D eigenvalue weighted by molar-refractivity contribution is 6.33. The number of unbranched alkanes of at least 4 members (excludes halogenated alkanes) is 3. The minimum Gasteiger partial charge on any atom is -0.349 e. The molecule has 4 rings (SSSR count). The Morgan fingerprint density at radius 2 is 1.63 bits per heavy atom. The summed E-state index contributed by atoms with van der Waals surface area (Å²) in [5.74, 6) is 2.61. The Labute approximate surface area is 232 Å². The molecular weight excluding hydrogens is 470 g/mol. The Morgan fingerprint density at radius 3 is 2.21 bits per heavy atom. The van der Waals surface area contributed by atoms with Crippen LogP contribution in [0.4, 0.5) is 0 Å². The summed E-state index contributed by atoms with van der Waals surface area (Å²) in [4.78, 5) is 22.8. The molecule has 2 fully saturated rings. The average molecular weight is 526 g/mol. The minimum absolute atomic E-state index is 0.0807. The largest absolute Gasteiger partial charge is 0.349 e. The predicted molar refractivity (Wildman–Crippen MR) is 163 cm³/mol. The van der Waals surface area contributed by atoms with Gasteiger partial charge in [0.05, 0.1) is 6.04 Å². The van der Waals surface area contributed by atoms with Gasteiger partial charge < -0.3 is 10.6 Å². The monoisotopic (exact) mass is 525 g/mol. The SMILES string of the molecule is CCCCCC=NC1CCN(C2CC(C)(C)NC(C)(C)C2)C2(C1)c1nc(NC(C)(C)CC(C)(C)C)nc2n1. The van der Waals surface area contributed by atoms with Crippen molar-refractivity contribution in [3.63, 3.8) is 0 Å². The highest BCUT2D eigenvalue weighted by Crippen LogP contribution is 2.45. The summed E-state index contributed by atoms with van der Waals surface area (Å²) in [6, 6.07) is 0.752. The van der Waals surface area contributed by atoms with Gasteiger partial charge in [0.1, 0.15) is 5.54 Å². The van der Waals surface area contributed by atoms with E-state index in [4.69, 9.17) is 20.0 Å². The number of nitrogens with one attached hydrogen (secondary N) is 2. The van der Waals surface area contributed by atoms with Crippen molar-refractivity contribution in [3.8, 4) is 0 Å². The normalized spacial score (nSPS) is 29.6. The molecule has 214 valence electrons. The van der Waals surface area contributed by atoms with Crippen molar-refractivity contribution in [1.29, 1.82) is 0 Å². The maximum Gasteiger partial charge on any atom is 0.226 e. The van der Waals surface area contributed by atoms with Gasteiger partial charge in [0.15, 0.2) is 11.7 Å². The summed E-state index contributed by atoms with van der Waals surface area (Å²) in [6.45, 7) is 24.0. The molecule has 0 aliphatic carbocycles. The van der Waals surface area contributed by atoms with E-state index in [0.29, 0.717) is 12.1 Å². The van der Waals surface area contributed by atoms with E-state index in [1.165, 1.54) is 19.3 Å². The van der Waals surface area contributed by atoms with Crippen molar-refractivity contribution >= 4 is 23.8 Å². The molecule has 2 bridgehead atoms. The molecule has 0 aromatic heterocycles. The Hall–Kier alpha value is -1.60. The van der Waals surface area contributed by atoms with Crippen molar-refractivity contribution in [3.05, 3.63) is 0 Å². The molecule has 0 aromatic rings.